The number of carbonyl (C=O) groups is 2. The van der Waals surface area contributed by atoms with Gasteiger partial charge in [0.2, 0.25) is 11.9 Å². The molecule has 0 radical (unpaired) electrons. The molecule has 1 aromatic carbocycles. The first-order chi connectivity index (χ1) is 12.0. The Bertz CT molecular complexity index is 745. The summed E-state index contributed by atoms with van der Waals surface area (Å²) < 4.78 is 0. The molecule has 0 bridgehead atoms. The summed E-state index contributed by atoms with van der Waals surface area (Å²) in [5.74, 6) is -0.601. The number of likely N-dealkylation sites (N-methyl/N-ethyl adjacent to an activating group) is 1. The second-order valence-electron chi connectivity index (χ2n) is 5.93. The highest BCUT2D eigenvalue weighted by atomic mass is 16.4. The van der Waals surface area contributed by atoms with E-state index in [1.54, 1.807) is 13.3 Å². The van der Waals surface area contributed by atoms with Gasteiger partial charge in [0.1, 0.15) is 6.04 Å². The minimum atomic E-state index is -1.01. The number of hydrazone groups is 1. The number of hydrogen-bond acceptors (Lipinski definition) is 7. The van der Waals surface area contributed by atoms with Gasteiger partial charge in [-0.1, -0.05) is 6.07 Å². The van der Waals surface area contributed by atoms with Crippen LogP contribution in [0.15, 0.2) is 28.3 Å². The van der Waals surface area contributed by atoms with Gasteiger partial charge in [-0.15, -0.1) is 0 Å². The third-order valence-electron chi connectivity index (χ3n) is 3.98. The second kappa shape index (κ2) is 7.20. The monoisotopic (exact) mass is 344 g/mol. The molecule has 1 atom stereocenters. The topological polar surface area (TPSA) is 118 Å². The van der Waals surface area contributed by atoms with Crippen molar-refractivity contribution >= 4 is 29.7 Å². The van der Waals surface area contributed by atoms with Gasteiger partial charge in [0.05, 0.1) is 19.2 Å². The van der Waals surface area contributed by atoms with Crippen molar-refractivity contribution in [3.8, 4) is 0 Å². The molecule has 25 heavy (non-hydrogen) atoms. The normalized spacial score (nSPS) is 19.7. The van der Waals surface area contributed by atoms with Gasteiger partial charge in [-0.2, -0.15) is 5.10 Å². The Hall–Kier alpha value is -3.10. The summed E-state index contributed by atoms with van der Waals surface area (Å²) in [6, 6.07) is 4.85. The van der Waals surface area contributed by atoms with E-state index in [4.69, 9.17) is 5.11 Å². The standard InChI is InChI=1S/C16H20N6O3/c1-22-9-11-6-10(8-19-21-16-17-4-5-18-16)2-3-12(11)20-13(15(22)25)7-14(23)24/h2-3,6,8,13,20H,4-5,7,9H2,1H3,(H,23,24)(H2,17,18,21)/b19-8+. The van der Waals surface area contributed by atoms with Gasteiger partial charge < -0.3 is 20.6 Å². The summed E-state index contributed by atoms with van der Waals surface area (Å²) in [5, 5.41) is 19.2. The lowest BCUT2D eigenvalue weighted by Gasteiger charge is -2.19. The van der Waals surface area contributed by atoms with Gasteiger partial charge >= 0.3 is 5.97 Å². The Balaban J connectivity index is 1.75. The van der Waals surface area contributed by atoms with Crippen LogP contribution in [0.25, 0.3) is 0 Å². The Morgan fingerprint density at radius 3 is 3.12 bits per heavy atom. The molecule has 0 aromatic heterocycles. The maximum absolute atomic E-state index is 12.3. The lowest BCUT2D eigenvalue weighted by atomic mass is 10.1. The van der Waals surface area contributed by atoms with Crippen molar-refractivity contribution in [2.24, 2.45) is 10.1 Å². The van der Waals surface area contributed by atoms with E-state index in [1.807, 2.05) is 18.2 Å². The van der Waals surface area contributed by atoms with Crippen LogP contribution in [0.5, 0.6) is 0 Å². The summed E-state index contributed by atoms with van der Waals surface area (Å²) in [5.41, 5.74) is 5.36. The number of fused-ring (bicyclic) bond motifs is 1. The van der Waals surface area contributed by atoms with Crippen molar-refractivity contribution < 1.29 is 14.7 Å². The first kappa shape index (κ1) is 16.7. The fourth-order valence-corrected chi connectivity index (χ4v) is 2.77. The predicted octanol–water partition coefficient (Wildman–Crippen LogP) is -0.203. The van der Waals surface area contributed by atoms with E-state index < -0.39 is 12.0 Å². The third-order valence-corrected chi connectivity index (χ3v) is 3.98. The summed E-state index contributed by atoms with van der Waals surface area (Å²) in [4.78, 5) is 29.0. The molecule has 1 aromatic rings. The molecule has 2 aliphatic rings. The molecule has 0 aliphatic carbocycles. The summed E-state index contributed by atoms with van der Waals surface area (Å²) in [6.45, 7) is 1.95. The molecular weight excluding hydrogens is 324 g/mol. The fraction of sp³-hybridized carbons (Fsp3) is 0.375. The maximum atomic E-state index is 12.3. The van der Waals surface area contributed by atoms with Crippen molar-refractivity contribution in [3.63, 3.8) is 0 Å². The molecule has 2 heterocycles. The van der Waals surface area contributed by atoms with Crippen molar-refractivity contribution in [2.75, 3.05) is 25.5 Å². The zero-order chi connectivity index (χ0) is 17.8. The van der Waals surface area contributed by atoms with Crippen LogP contribution >= 0.6 is 0 Å². The van der Waals surface area contributed by atoms with Gasteiger partial charge in [0, 0.05) is 25.8 Å². The molecule has 132 valence electrons. The van der Waals surface area contributed by atoms with Crippen LogP contribution in [0.2, 0.25) is 0 Å². The SMILES string of the molecule is CN1Cc2cc(/C=N/NC3=NCCN3)ccc2NC(CC(=O)O)C1=O. The smallest absolute Gasteiger partial charge is 0.305 e. The fourth-order valence-electron chi connectivity index (χ4n) is 2.77. The highest BCUT2D eigenvalue weighted by Crippen LogP contribution is 2.24. The molecule has 0 saturated carbocycles. The van der Waals surface area contributed by atoms with Crippen LogP contribution in [-0.2, 0) is 16.1 Å². The van der Waals surface area contributed by atoms with Crippen LogP contribution in [-0.4, -0.2) is 60.2 Å². The molecular formula is C16H20N6O3. The number of amides is 1. The van der Waals surface area contributed by atoms with E-state index >= 15 is 0 Å². The van der Waals surface area contributed by atoms with Crippen LogP contribution < -0.4 is 16.1 Å². The van der Waals surface area contributed by atoms with Crippen LogP contribution in [0.1, 0.15) is 17.5 Å². The Morgan fingerprint density at radius 2 is 2.40 bits per heavy atom. The van der Waals surface area contributed by atoms with E-state index in [1.165, 1.54) is 4.90 Å². The number of aliphatic imine (C=N–C) groups is 1. The van der Waals surface area contributed by atoms with Crippen LogP contribution in [0, 0.1) is 0 Å². The Morgan fingerprint density at radius 1 is 1.56 bits per heavy atom. The number of nitrogens with one attached hydrogen (secondary N) is 3. The van der Waals surface area contributed by atoms with Crippen molar-refractivity contribution in [1.29, 1.82) is 0 Å². The van der Waals surface area contributed by atoms with Crippen LogP contribution in [0.3, 0.4) is 0 Å². The number of hydrogen-bond donors (Lipinski definition) is 4. The number of carboxylic acid groups (broad SMARTS) is 1. The summed E-state index contributed by atoms with van der Waals surface area (Å²) >= 11 is 0. The van der Waals surface area contributed by atoms with Crippen LogP contribution in [0.4, 0.5) is 5.69 Å². The number of carboxylic acids is 1. The van der Waals surface area contributed by atoms with Crippen molar-refractivity contribution in [2.45, 2.75) is 19.0 Å². The molecule has 2 aliphatic heterocycles. The highest BCUT2D eigenvalue weighted by molar-refractivity contribution is 5.90. The van der Waals surface area contributed by atoms with E-state index in [9.17, 15) is 9.59 Å². The van der Waals surface area contributed by atoms with E-state index in [-0.39, 0.29) is 12.3 Å². The van der Waals surface area contributed by atoms with Gasteiger partial charge in [-0.05, 0) is 23.3 Å². The minimum absolute atomic E-state index is 0.235. The molecule has 0 saturated heterocycles. The van der Waals surface area contributed by atoms with Gasteiger partial charge in [-0.25, -0.2) is 10.4 Å². The Kier molecular flexibility index (Phi) is 4.82. The minimum Gasteiger partial charge on any atom is -0.481 e. The first-order valence-corrected chi connectivity index (χ1v) is 7.96. The molecule has 1 unspecified atom stereocenters. The first-order valence-electron chi connectivity index (χ1n) is 7.96. The average Bonchev–Trinajstić information content (AvgIpc) is 3.04. The number of benzene rings is 1. The number of nitrogens with zero attached hydrogens (tertiary/aromatic N) is 3. The summed E-state index contributed by atoms with van der Waals surface area (Å²) in [7, 11) is 1.67. The highest BCUT2D eigenvalue weighted by Gasteiger charge is 2.28. The molecule has 3 rings (SSSR count). The van der Waals surface area contributed by atoms with Gasteiger partial charge in [0.15, 0.2) is 0 Å². The van der Waals surface area contributed by atoms with Gasteiger partial charge in [-0.3, -0.25) is 9.59 Å². The average molecular weight is 344 g/mol. The lowest BCUT2D eigenvalue weighted by molar-refractivity contribution is -0.141. The largest absolute Gasteiger partial charge is 0.481 e. The molecule has 9 heteroatoms. The lowest BCUT2D eigenvalue weighted by Crippen LogP contribution is -2.39. The maximum Gasteiger partial charge on any atom is 0.305 e. The quantitative estimate of drug-likeness (QED) is 0.444. The predicted molar refractivity (Wildman–Crippen MR) is 93.6 cm³/mol. The van der Waals surface area contributed by atoms with E-state index in [0.29, 0.717) is 12.5 Å². The second-order valence-corrected chi connectivity index (χ2v) is 5.93. The number of rotatable bonds is 4. The third kappa shape index (κ3) is 4.06. The molecule has 0 fully saturated rings. The van der Waals surface area contributed by atoms with E-state index in [0.717, 1.165) is 29.9 Å². The van der Waals surface area contributed by atoms with E-state index in [2.05, 4.69) is 26.2 Å². The molecule has 4 N–H and O–H groups in total. The molecule has 0 spiro atoms. The molecule has 1 amide bonds. The number of anilines is 1. The number of aliphatic carboxylic acids is 1. The molecule has 9 nitrogen and oxygen atoms in total. The van der Waals surface area contributed by atoms with Crippen molar-refractivity contribution in [3.05, 3.63) is 29.3 Å². The number of guanidine groups is 1. The zero-order valence-electron chi connectivity index (χ0n) is 13.8. The summed E-state index contributed by atoms with van der Waals surface area (Å²) in [6.07, 6.45) is 1.41. The Labute approximate surface area is 144 Å². The number of carbonyl (C=O) groups excluding carboxylic acids is 1. The zero-order valence-corrected chi connectivity index (χ0v) is 13.8. The van der Waals surface area contributed by atoms with Gasteiger partial charge in [0.25, 0.3) is 0 Å². The van der Waals surface area contributed by atoms with Crippen molar-refractivity contribution in [1.82, 2.24) is 15.6 Å².